The molecule has 0 unspecified atom stereocenters. The molecule has 3 aromatic heterocycles. The van der Waals surface area contributed by atoms with E-state index < -0.39 is 17.3 Å². The summed E-state index contributed by atoms with van der Waals surface area (Å²) in [4.78, 5) is 20.1. The van der Waals surface area contributed by atoms with Crippen molar-refractivity contribution in [2.45, 2.75) is 57.7 Å². The summed E-state index contributed by atoms with van der Waals surface area (Å²) in [6.07, 6.45) is 3.77. The Hall–Kier alpha value is -3.53. The van der Waals surface area contributed by atoms with E-state index in [0.29, 0.717) is 29.5 Å². The van der Waals surface area contributed by atoms with Crippen molar-refractivity contribution in [3.8, 4) is 11.1 Å². The Bertz CT molecular complexity index is 1620. The number of piperidine rings is 1. The molecule has 2 fully saturated rings. The van der Waals surface area contributed by atoms with Crippen LogP contribution in [0.15, 0.2) is 53.8 Å². The molecule has 1 atom stereocenters. The Balaban J connectivity index is 1.45. The summed E-state index contributed by atoms with van der Waals surface area (Å²) < 4.78 is 45.4. The van der Waals surface area contributed by atoms with Gasteiger partial charge in [0.05, 0.1) is 16.5 Å². The van der Waals surface area contributed by atoms with Crippen molar-refractivity contribution in [1.29, 1.82) is 0 Å². The van der Waals surface area contributed by atoms with Crippen LogP contribution in [0.3, 0.4) is 0 Å². The zero-order chi connectivity index (χ0) is 28.2. The van der Waals surface area contributed by atoms with E-state index in [0.717, 1.165) is 60.6 Å². The zero-order valence-electron chi connectivity index (χ0n) is 22.9. The van der Waals surface area contributed by atoms with Crippen LogP contribution in [0.5, 0.6) is 0 Å². The minimum atomic E-state index is -4.64. The van der Waals surface area contributed by atoms with Crippen LogP contribution in [-0.4, -0.2) is 42.1 Å². The number of hydrogen-bond acceptors (Lipinski definition) is 5. The van der Waals surface area contributed by atoms with E-state index in [2.05, 4.69) is 33.9 Å². The van der Waals surface area contributed by atoms with Crippen LogP contribution in [0.1, 0.15) is 62.0 Å². The van der Waals surface area contributed by atoms with Crippen molar-refractivity contribution in [2.75, 3.05) is 13.1 Å². The molecular formula is C30H33F3N6O. The number of nitrogens with zero attached hydrogens (tertiary/aromatic N) is 6. The molecule has 4 heterocycles. The average Bonchev–Trinajstić information content (AvgIpc) is 3.32. The zero-order valence-corrected chi connectivity index (χ0v) is 22.9. The van der Waals surface area contributed by atoms with Gasteiger partial charge in [-0.25, -0.2) is 4.98 Å². The molecule has 1 saturated carbocycles. The molecular weight excluding hydrogens is 517 g/mol. The van der Waals surface area contributed by atoms with Gasteiger partial charge in [-0.05, 0) is 72.9 Å². The summed E-state index contributed by atoms with van der Waals surface area (Å²) in [6.45, 7) is 6.36. The van der Waals surface area contributed by atoms with E-state index in [9.17, 15) is 18.0 Å². The Kier molecular flexibility index (Phi) is 6.56. The molecule has 6 rings (SSSR count). The van der Waals surface area contributed by atoms with Crippen molar-refractivity contribution in [3.63, 3.8) is 0 Å². The number of aryl methyl sites for hydroxylation is 1. The molecule has 1 saturated heterocycles. The lowest BCUT2D eigenvalue weighted by Crippen LogP contribution is -2.43. The Labute approximate surface area is 230 Å². The topological polar surface area (TPSA) is 68.3 Å². The highest BCUT2D eigenvalue weighted by Crippen LogP contribution is 2.51. The number of alkyl halides is 3. The van der Waals surface area contributed by atoms with Gasteiger partial charge in [0.2, 0.25) is 0 Å². The van der Waals surface area contributed by atoms with Crippen LogP contribution in [0.2, 0.25) is 0 Å². The predicted octanol–water partition coefficient (Wildman–Crippen LogP) is 5.46. The van der Waals surface area contributed by atoms with Gasteiger partial charge < -0.3 is 4.57 Å². The highest BCUT2D eigenvalue weighted by molar-refractivity contribution is 5.66. The second kappa shape index (κ2) is 9.83. The molecule has 40 heavy (non-hydrogen) atoms. The van der Waals surface area contributed by atoms with E-state index in [-0.39, 0.29) is 16.6 Å². The van der Waals surface area contributed by atoms with Gasteiger partial charge in [-0.1, -0.05) is 32.0 Å². The fourth-order valence-corrected chi connectivity index (χ4v) is 6.80. The van der Waals surface area contributed by atoms with Crippen molar-refractivity contribution in [1.82, 2.24) is 29.0 Å². The summed E-state index contributed by atoms with van der Waals surface area (Å²) >= 11 is 0. The first kappa shape index (κ1) is 26.7. The first-order chi connectivity index (χ1) is 19.0. The van der Waals surface area contributed by atoms with E-state index in [1.54, 1.807) is 6.33 Å². The minimum absolute atomic E-state index is 0.261. The average molecular weight is 551 g/mol. The Morgan fingerprint density at radius 2 is 1.93 bits per heavy atom. The first-order valence-corrected chi connectivity index (χ1v) is 13.8. The monoisotopic (exact) mass is 550 g/mol. The number of benzene rings is 1. The molecule has 4 aromatic rings. The van der Waals surface area contributed by atoms with E-state index in [4.69, 9.17) is 0 Å². The third-order valence-electron chi connectivity index (χ3n) is 8.57. The normalized spacial score (nSPS) is 23.9. The summed E-state index contributed by atoms with van der Waals surface area (Å²) in [5.74, 6) is 1.86. The maximum absolute atomic E-state index is 14.1. The summed E-state index contributed by atoms with van der Waals surface area (Å²) in [5.41, 5.74) is 0.223. The summed E-state index contributed by atoms with van der Waals surface area (Å²) in [7, 11) is 1.92. The second-order valence-electron chi connectivity index (χ2n) is 11.9. The van der Waals surface area contributed by atoms with Gasteiger partial charge in [-0.2, -0.15) is 13.2 Å². The molecule has 0 bridgehead atoms. The third kappa shape index (κ3) is 4.62. The van der Waals surface area contributed by atoms with Gasteiger partial charge in [-0.15, -0.1) is 10.2 Å². The van der Waals surface area contributed by atoms with Gasteiger partial charge in [-0.3, -0.25) is 14.1 Å². The third-order valence-corrected chi connectivity index (χ3v) is 8.57. The van der Waals surface area contributed by atoms with Crippen molar-refractivity contribution < 1.29 is 13.2 Å². The van der Waals surface area contributed by atoms with Crippen molar-refractivity contribution >= 4 is 5.65 Å². The standard InChI is InChI=1S/C30H33F3N6O/c1-19-6-5-9-38(15-19)16-21-10-25(30(31,32)33)26-34-14-24(27(40)39(26)17-21)22-7-4-8-23(11-22)29(12-20(2)13-29)28-36-35-18-37(28)3/h4,7-8,10-11,14,17-20H,5-6,9,12-13,15-16H2,1-3H3/t19-,20?,29?/m0/s1. The van der Waals surface area contributed by atoms with Gasteiger partial charge in [0.1, 0.15) is 12.2 Å². The van der Waals surface area contributed by atoms with Gasteiger partial charge in [0, 0.05) is 32.5 Å². The van der Waals surface area contributed by atoms with Crippen LogP contribution in [0.25, 0.3) is 16.8 Å². The fraction of sp³-hybridized carbons (Fsp3) is 0.467. The lowest BCUT2D eigenvalue weighted by molar-refractivity contribution is -0.136. The second-order valence-corrected chi connectivity index (χ2v) is 11.9. The number of likely N-dealkylation sites (tertiary alicyclic amines) is 1. The molecule has 210 valence electrons. The molecule has 10 heteroatoms. The van der Waals surface area contributed by atoms with Crippen molar-refractivity contribution in [3.05, 3.63) is 81.9 Å². The molecule has 1 aromatic carbocycles. The molecule has 7 nitrogen and oxygen atoms in total. The maximum atomic E-state index is 14.1. The van der Waals surface area contributed by atoms with Crippen LogP contribution in [-0.2, 0) is 25.2 Å². The largest absolute Gasteiger partial charge is 0.419 e. The SMILES string of the molecule is CC1CC(c2cccc(-c3cnc4c(C(F)(F)F)cc(CN5CCC[C@H](C)C5)cn4c3=O)c2)(c2nncn2C)C1. The molecule has 2 aliphatic rings. The predicted molar refractivity (Wildman–Crippen MR) is 146 cm³/mol. The number of fused-ring (bicyclic) bond motifs is 1. The highest BCUT2D eigenvalue weighted by Gasteiger charge is 2.48. The van der Waals surface area contributed by atoms with Gasteiger partial charge in [0.15, 0.2) is 5.65 Å². The van der Waals surface area contributed by atoms with E-state index in [1.165, 1.54) is 12.4 Å². The number of aromatic nitrogens is 5. The maximum Gasteiger partial charge on any atom is 0.419 e. The number of rotatable bonds is 5. The first-order valence-electron chi connectivity index (χ1n) is 13.8. The number of pyridine rings is 1. The summed E-state index contributed by atoms with van der Waals surface area (Å²) in [6, 6.07) is 8.81. The van der Waals surface area contributed by atoms with Gasteiger partial charge in [0.25, 0.3) is 5.56 Å². The summed E-state index contributed by atoms with van der Waals surface area (Å²) in [5, 5.41) is 8.49. The van der Waals surface area contributed by atoms with Crippen LogP contribution in [0, 0.1) is 11.8 Å². The van der Waals surface area contributed by atoms with Crippen LogP contribution in [0.4, 0.5) is 13.2 Å². The number of hydrogen-bond donors (Lipinski definition) is 0. The smallest absolute Gasteiger partial charge is 0.320 e. The molecule has 0 radical (unpaired) electrons. The molecule has 1 aliphatic heterocycles. The van der Waals surface area contributed by atoms with Crippen LogP contribution >= 0.6 is 0 Å². The molecule has 1 aliphatic carbocycles. The molecule has 0 N–H and O–H groups in total. The Morgan fingerprint density at radius 3 is 2.60 bits per heavy atom. The molecule has 0 amide bonds. The Morgan fingerprint density at radius 1 is 1.12 bits per heavy atom. The lowest BCUT2D eigenvalue weighted by atomic mass is 9.58. The molecule has 0 spiro atoms. The quantitative estimate of drug-likeness (QED) is 0.330. The minimum Gasteiger partial charge on any atom is -0.320 e. The van der Waals surface area contributed by atoms with E-state index >= 15 is 0 Å². The fourth-order valence-electron chi connectivity index (χ4n) is 6.80. The highest BCUT2D eigenvalue weighted by atomic mass is 19.4. The van der Waals surface area contributed by atoms with Crippen LogP contribution < -0.4 is 5.56 Å². The van der Waals surface area contributed by atoms with Gasteiger partial charge >= 0.3 is 6.18 Å². The van der Waals surface area contributed by atoms with E-state index in [1.807, 2.05) is 35.9 Å². The lowest BCUT2D eigenvalue weighted by Gasteiger charge is -2.46. The number of halogens is 3. The van der Waals surface area contributed by atoms with Crippen molar-refractivity contribution in [2.24, 2.45) is 18.9 Å².